The summed E-state index contributed by atoms with van der Waals surface area (Å²) in [6.45, 7) is 7.64. The van der Waals surface area contributed by atoms with Crippen LogP contribution in [0.5, 0.6) is 5.75 Å². The van der Waals surface area contributed by atoms with Gasteiger partial charge in [0, 0.05) is 5.02 Å². The van der Waals surface area contributed by atoms with Crippen molar-refractivity contribution in [1.29, 1.82) is 0 Å². The van der Waals surface area contributed by atoms with Gasteiger partial charge in [0.15, 0.2) is 0 Å². The van der Waals surface area contributed by atoms with E-state index in [0.717, 1.165) is 42.1 Å². The molecule has 0 amide bonds. The molecule has 0 saturated carbocycles. The lowest BCUT2D eigenvalue weighted by Crippen LogP contribution is -2.06. The lowest BCUT2D eigenvalue weighted by Gasteiger charge is -2.20. The highest BCUT2D eigenvalue weighted by molar-refractivity contribution is 6.31. The first-order chi connectivity index (χ1) is 8.63. The second-order valence-electron chi connectivity index (χ2n) is 4.61. The summed E-state index contributed by atoms with van der Waals surface area (Å²) >= 11 is 6.24. The quantitative estimate of drug-likeness (QED) is 0.802. The highest BCUT2D eigenvalue weighted by Crippen LogP contribution is 2.36. The molecule has 0 fully saturated rings. The van der Waals surface area contributed by atoms with Crippen molar-refractivity contribution in [2.24, 2.45) is 5.73 Å². The van der Waals surface area contributed by atoms with Gasteiger partial charge in [-0.15, -0.1) is 0 Å². The van der Waals surface area contributed by atoms with Crippen LogP contribution in [0, 0.1) is 6.92 Å². The zero-order valence-electron chi connectivity index (χ0n) is 11.6. The Hall–Kier alpha value is -0.730. The third-order valence-corrected chi connectivity index (χ3v) is 3.69. The van der Waals surface area contributed by atoms with E-state index < -0.39 is 0 Å². The summed E-state index contributed by atoms with van der Waals surface area (Å²) < 4.78 is 5.75. The lowest BCUT2D eigenvalue weighted by atomic mass is 9.90. The molecule has 1 atom stereocenters. The summed E-state index contributed by atoms with van der Waals surface area (Å²) in [5.74, 6) is 1.46. The van der Waals surface area contributed by atoms with Gasteiger partial charge in [-0.3, -0.25) is 0 Å². The van der Waals surface area contributed by atoms with Gasteiger partial charge in [0.2, 0.25) is 0 Å². The van der Waals surface area contributed by atoms with Crippen molar-refractivity contribution in [2.45, 2.75) is 46.0 Å². The molecule has 0 saturated heterocycles. The summed E-state index contributed by atoms with van der Waals surface area (Å²) in [6, 6.07) is 4.11. The van der Waals surface area contributed by atoms with Crippen LogP contribution in [0.25, 0.3) is 0 Å². The van der Waals surface area contributed by atoms with Gasteiger partial charge in [0.1, 0.15) is 5.75 Å². The Morgan fingerprint density at radius 2 is 2.06 bits per heavy atom. The second-order valence-corrected chi connectivity index (χ2v) is 5.02. The first-order valence-electron chi connectivity index (χ1n) is 6.76. The molecule has 0 aliphatic carbocycles. The van der Waals surface area contributed by atoms with Gasteiger partial charge in [-0.25, -0.2) is 0 Å². The van der Waals surface area contributed by atoms with Crippen molar-refractivity contribution < 1.29 is 4.74 Å². The van der Waals surface area contributed by atoms with Crippen LogP contribution in [0.4, 0.5) is 0 Å². The number of nitrogens with two attached hydrogens (primary N) is 1. The van der Waals surface area contributed by atoms with E-state index in [-0.39, 0.29) is 0 Å². The second kappa shape index (κ2) is 7.65. The number of rotatable bonds is 7. The van der Waals surface area contributed by atoms with Crippen LogP contribution < -0.4 is 10.5 Å². The SMILES string of the molecule is CCOc1cc(C)c(Cl)cc1C(CC)CCCN. The van der Waals surface area contributed by atoms with Gasteiger partial charge in [0.25, 0.3) is 0 Å². The molecule has 0 bridgehead atoms. The van der Waals surface area contributed by atoms with E-state index in [0.29, 0.717) is 12.5 Å². The Kier molecular flexibility index (Phi) is 6.51. The van der Waals surface area contributed by atoms with Crippen LogP contribution in [0.3, 0.4) is 0 Å². The van der Waals surface area contributed by atoms with Crippen molar-refractivity contribution in [2.75, 3.05) is 13.2 Å². The summed E-state index contributed by atoms with van der Waals surface area (Å²) in [5.41, 5.74) is 7.90. The first-order valence-corrected chi connectivity index (χ1v) is 7.14. The molecule has 1 rings (SSSR count). The predicted molar refractivity (Wildman–Crippen MR) is 78.7 cm³/mol. The first kappa shape index (κ1) is 15.3. The molecule has 1 aromatic rings. The summed E-state index contributed by atoms with van der Waals surface area (Å²) in [4.78, 5) is 0. The third kappa shape index (κ3) is 3.89. The van der Waals surface area contributed by atoms with Crippen LogP contribution in [0.15, 0.2) is 12.1 Å². The number of benzene rings is 1. The fourth-order valence-electron chi connectivity index (χ4n) is 2.21. The zero-order chi connectivity index (χ0) is 13.5. The molecular weight excluding hydrogens is 246 g/mol. The van der Waals surface area contributed by atoms with Crippen LogP contribution in [0.2, 0.25) is 5.02 Å². The molecule has 0 radical (unpaired) electrons. The van der Waals surface area contributed by atoms with E-state index in [2.05, 4.69) is 13.0 Å². The fourth-order valence-corrected chi connectivity index (χ4v) is 2.39. The monoisotopic (exact) mass is 269 g/mol. The van der Waals surface area contributed by atoms with Crippen molar-refractivity contribution in [3.05, 3.63) is 28.3 Å². The third-order valence-electron chi connectivity index (χ3n) is 3.28. The molecule has 3 heteroatoms. The molecule has 0 spiro atoms. The number of hydrogen-bond acceptors (Lipinski definition) is 2. The molecule has 1 aromatic carbocycles. The van der Waals surface area contributed by atoms with Crippen molar-refractivity contribution in [3.8, 4) is 5.75 Å². The summed E-state index contributed by atoms with van der Waals surface area (Å²) in [6.07, 6.45) is 3.21. The molecule has 2 nitrogen and oxygen atoms in total. The number of hydrogen-bond donors (Lipinski definition) is 1. The Balaban J connectivity index is 3.05. The smallest absolute Gasteiger partial charge is 0.123 e. The van der Waals surface area contributed by atoms with E-state index in [1.165, 1.54) is 5.56 Å². The van der Waals surface area contributed by atoms with Crippen LogP contribution in [0.1, 0.15) is 50.2 Å². The number of ether oxygens (including phenoxy) is 1. The minimum Gasteiger partial charge on any atom is -0.494 e. The minimum absolute atomic E-state index is 0.480. The van der Waals surface area contributed by atoms with Crippen molar-refractivity contribution >= 4 is 11.6 Å². The maximum absolute atomic E-state index is 6.24. The van der Waals surface area contributed by atoms with Crippen molar-refractivity contribution in [1.82, 2.24) is 0 Å². The molecule has 0 aliphatic heterocycles. The zero-order valence-corrected chi connectivity index (χ0v) is 12.4. The Bertz CT molecular complexity index is 379. The molecule has 1 unspecified atom stereocenters. The largest absolute Gasteiger partial charge is 0.494 e. The summed E-state index contributed by atoms with van der Waals surface area (Å²) in [7, 11) is 0. The minimum atomic E-state index is 0.480. The van der Waals surface area contributed by atoms with Gasteiger partial charge >= 0.3 is 0 Å². The van der Waals surface area contributed by atoms with Gasteiger partial charge in [-0.2, -0.15) is 0 Å². The molecular formula is C15H24ClNO. The van der Waals surface area contributed by atoms with Gasteiger partial charge in [0.05, 0.1) is 6.61 Å². The normalized spacial score (nSPS) is 12.5. The maximum Gasteiger partial charge on any atom is 0.123 e. The molecule has 0 aromatic heterocycles. The molecule has 18 heavy (non-hydrogen) atoms. The lowest BCUT2D eigenvalue weighted by molar-refractivity contribution is 0.332. The fraction of sp³-hybridized carbons (Fsp3) is 0.600. The van der Waals surface area contributed by atoms with Crippen LogP contribution >= 0.6 is 11.6 Å². The summed E-state index contributed by atoms with van der Waals surface area (Å²) in [5, 5.41) is 0.819. The maximum atomic E-state index is 6.24. The average Bonchev–Trinajstić information content (AvgIpc) is 2.36. The highest BCUT2D eigenvalue weighted by atomic mass is 35.5. The Morgan fingerprint density at radius 3 is 2.61 bits per heavy atom. The van der Waals surface area contributed by atoms with Crippen molar-refractivity contribution in [3.63, 3.8) is 0 Å². The van der Waals surface area contributed by atoms with Gasteiger partial charge in [-0.1, -0.05) is 18.5 Å². The molecule has 0 aliphatic rings. The molecule has 0 heterocycles. The van der Waals surface area contributed by atoms with E-state index in [9.17, 15) is 0 Å². The Morgan fingerprint density at radius 1 is 1.33 bits per heavy atom. The van der Waals surface area contributed by atoms with Gasteiger partial charge in [-0.05, 0) is 68.8 Å². The van der Waals surface area contributed by atoms with E-state index in [4.69, 9.17) is 22.1 Å². The van der Waals surface area contributed by atoms with E-state index in [1.54, 1.807) is 0 Å². The topological polar surface area (TPSA) is 35.2 Å². The van der Waals surface area contributed by atoms with Gasteiger partial charge < -0.3 is 10.5 Å². The standard InChI is InChI=1S/C15H24ClNO/c1-4-12(7-6-8-17)13-10-14(16)11(3)9-15(13)18-5-2/h9-10,12H,4-8,17H2,1-3H3. The van der Waals surface area contributed by atoms with E-state index >= 15 is 0 Å². The van der Waals surface area contributed by atoms with Crippen LogP contribution in [-0.2, 0) is 0 Å². The van der Waals surface area contributed by atoms with Crippen LogP contribution in [-0.4, -0.2) is 13.2 Å². The van der Waals surface area contributed by atoms with E-state index in [1.807, 2.05) is 19.9 Å². The predicted octanol–water partition coefficient (Wildman–Crippen LogP) is 4.28. The molecule has 102 valence electrons. The molecule has 2 N–H and O–H groups in total. The highest BCUT2D eigenvalue weighted by Gasteiger charge is 2.16. The number of halogens is 1. The number of aryl methyl sites for hydroxylation is 1. The average molecular weight is 270 g/mol. The Labute approximate surface area is 115 Å².